The second-order valence-electron chi connectivity index (χ2n) is 2.22. The summed E-state index contributed by atoms with van der Waals surface area (Å²) in [7, 11) is 0. The third-order valence-corrected chi connectivity index (χ3v) is 2.02. The predicted octanol–water partition coefficient (Wildman–Crippen LogP) is 0.664. The van der Waals surface area contributed by atoms with Gasteiger partial charge in [0, 0.05) is 5.38 Å². The number of nitrogens with zero attached hydrogens (tertiary/aromatic N) is 1. The summed E-state index contributed by atoms with van der Waals surface area (Å²) in [6, 6.07) is 0. The van der Waals surface area contributed by atoms with Crippen LogP contribution in [0.4, 0.5) is 0 Å². The molecule has 74 valence electrons. The lowest BCUT2D eigenvalue weighted by molar-refractivity contribution is 0.0520. The quantitative estimate of drug-likeness (QED) is 0.576. The van der Waals surface area contributed by atoms with Crippen molar-refractivity contribution in [2.75, 3.05) is 13.2 Å². The molecule has 0 aliphatic rings. The van der Waals surface area contributed by atoms with Crippen molar-refractivity contribution in [1.82, 2.24) is 4.98 Å². The molecule has 0 aliphatic heterocycles. The van der Waals surface area contributed by atoms with Crippen LogP contribution in [0.2, 0.25) is 0 Å². The zero-order valence-corrected chi connectivity index (χ0v) is 8.43. The van der Waals surface area contributed by atoms with Crippen LogP contribution in [0.25, 0.3) is 0 Å². The fraction of sp³-hybridized carbons (Fsp3) is 0.333. The zero-order chi connectivity index (χ0) is 10.4. The minimum absolute atomic E-state index is 0.214. The maximum absolute atomic E-state index is 11.2. The monoisotopic (exact) mass is 211 g/mol. The number of hydrogen-bond donors (Lipinski definition) is 1. The Bertz CT molecular complexity index is 375. The van der Waals surface area contributed by atoms with Gasteiger partial charge in [-0.1, -0.05) is 5.92 Å². The van der Waals surface area contributed by atoms with Crippen LogP contribution in [-0.2, 0) is 4.74 Å². The Morgan fingerprint density at radius 3 is 3.21 bits per heavy atom. The van der Waals surface area contributed by atoms with Crippen molar-refractivity contribution in [2.45, 2.75) is 6.92 Å². The van der Waals surface area contributed by atoms with Gasteiger partial charge in [0.2, 0.25) is 0 Å². The molecule has 0 fully saturated rings. The van der Waals surface area contributed by atoms with E-state index in [1.165, 1.54) is 11.3 Å². The number of aliphatic hydroxyl groups excluding tert-OH is 1. The summed E-state index contributed by atoms with van der Waals surface area (Å²) in [4.78, 5) is 15.1. The van der Waals surface area contributed by atoms with E-state index in [0.717, 1.165) is 0 Å². The van der Waals surface area contributed by atoms with Gasteiger partial charge in [-0.2, -0.15) is 0 Å². The van der Waals surface area contributed by atoms with E-state index in [-0.39, 0.29) is 12.3 Å². The predicted molar refractivity (Wildman–Crippen MR) is 52.0 cm³/mol. The summed E-state index contributed by atoms with van der Waals surface area (Å²) in [5.41, 5.74) is 0.263. The van der Waals surface area contributed by atoms with Crippen molar-refractivity contribution in [3.05, 3.63) is 16.1 Å². The maximum Gasteiger partial charge on any atom is 0.357 e. The lowest BCUT2D eigenvalue weighted by Crippen LogP contribution is -2.04. The molecule has 0 aromatic carbocycles. The molecule has 1 aromatic rings. The fourth-order valence-corrected chi connectivity index (χ4v) is 1.40. The number of carbonyl (C=O) groups is 1. The number of rotatable bonds is 2. The van der Waals surface area contributed by atoms with Gasteiger partial charge in [-0.05, 0) is 12.8 Å². The SMILES string of the molecule is CCOC(=O)c1csc(C#CCO)n1. The molecule has 0 saturated carbocycles. The van der Waals surface area contributed by atoms with E-state index in [0.29, 0.717) is 11.6 Å². The molecule has 14 heavy (non-hydrogen) atoms. The number of hydrogen-bond acceptors (Lipinski definition) is 5. The highest BCUT2D eigenvalue weighted by Gasteiger charge is 2.09. The molecule has 0 unspecified atom stereocenters. The van der Waals surface area contributed by atoms with Crippen molar-refractivity contribution in [2.24, 2.45) is 0 Å². The van der Waals surface area contributed by atoms with Crippen LogP contribution in [0.1, 0.15) is 22.4 Å². The van der Waals surface area contributed by atoms with Gasteiger partial charge in [0.15, 0.2) is 10.7 Å². The lowest BCUT2D eigenvalue weighted by atomic mass is 10.5. The molecule has 4 nitrogen and oxygen atoms in total. The van der Waals surface area contributed by atoms with Crippen molar-refractivity contribution in [3.63, 3.8) is 0 Å². The maximum atomic E-state index is 11.2. The molecular formula is C9H9NO3S. The van der Waals surface area contributed by atoms with Crippen molar-refractivity contribution < 1.29 is 14.6 Å². The molecule has 1 rings (SSSR count). The van der Waals surface area contributed by atoms with Crippen LogP contribution < -0.4 is 0 Å². The van der Waals surface area contributed by atoms with Gasteiger partial charge < -0.3 is 9.84 Å². The second kappa shape index (κ2) is 5.37. The smallest absolute Gasteiger partial charge is 0.357 e. The van der Waals surface area contributed by atoms with Crippen molar-refractivity contribution >= 4 is 17.3 Å². The number of thiazole rings is 1. The Labute approximate surface area is 85.5 Å². The molecule has 0 spiro atoms. The highest BCUT2D eigenvalue weighted by molar-refractivity contribution is 7.10. The summed E-state index contributed by atoms with van der Waals surface area (Å²) < 4.78 is 4.75. The Hall–Kier alpha value is -1.38. The van der Waals surface area contributed by atoms with Crippen LogP contribution in [-0.4, -0.2) is 29.3 Å². The number of aliphatic hydroxyl groups is 1. The third-order valence-electron chi connectivity index (χ3n) is 1.26. The van der Waals surface area contributed by atoms with Crippen LogP contribution >= 0.6 is 11.3 Å². The van der Waals surface area contributed by atoms with Crippen LogP contribution in [0.5, 0.6) is 0 Å². The van der Waals surface area contributed by atoms with E-state index in [9.17, 15) is 4.79 Å². The summed E-state index contributed by atoms with van der Waals surface area (Å²) in [6.07, 6.45) is 0. The average Bonchev–Trinajstić information content (AvgIpc) is 2.63. The van der Waals surface area contributed by atoms with E-state index in [1.807, 2.05) is 0 Å². The molecule has 0 saturated heterocycles. The van der Waals surface area contributed by atoms with Gasteiger partial charge in [-0.15, -0.1) is 11.3 Å². The van der Waals surface area contributed by atoms with Gasteiger partial charge in [0.25, 0.3) is 0 Å². The first-order valence-electron chi connectivity index (χ1n) is 4.00. The van der Waals surface area contributed by atoms with Gasteiger partial charge in [-0.3, -0.25) is 0 Å². The third kappa shape index (κ3) is 2.83. The molecule has 0 atom stereocenters. The Morgan fingerprint density at radius 2 is 2.57 bits per heavy atom. The second-order valence-corrected chi connectivity index (χ2v) is 3.08. The first-order valence-corrected chi connectivity index (χ1v) is 4.88. The highest BCUT2D eigenvalue weighted by Crippen LogP contribution is 2.09. The molecule has 0 radical (unpaired) electrons. The number of esters is 1. The molecule has 1 N–H and O–H groups in total. The van der Waals surface area contributed by atoms with E-state index in [4.69, 9.17) is 9.84 Å². The fourth-order valence-electron chi connectivity index (χ4n) is 0.745. The molecule has 1 aromatic heterocycles. The minimum atomic E-state index is -0.444. The summed E-state index contributed by atoms with van der Waals surface area (Å²) in [6.45, 7) is 1.85. The first kappa shape index (κ1) is 10.7. The minimum Gasteiger partial charge on any atom is -0.461 e. The van der Waals surface area contributed by atoms with Crippen molar-refractivity contribution in [3.8, 4) is 11.8 Å². The van der Waals surface area contributed by atoms with Crippen LogP contribution in [0.3, 0.4) is 0 Å². The van der Waals surface area contributed by atoms with E-state index in [1.54, 1.807) is 12.3 Å². The number of aromatic nitrogens is 1. The van der Waals surface area contributed by atoms with E-state index >= 15 is 0 Å². The number of ether oxygens (including phenoxy) is 1. The largest absolute Gasteiger partial charge is 0.461 e. The molecule has 5 heteroatoms. The molecule has 0 aliphatic carbocycles. The topological polar surface area (TPSA) is 59.4 Å². The molecule has 1 heterocycles. The van der Waals surface area contributed by atoms with E-state index < -0.39 is 5.97 Å². The zero-order valence-electron chi connectivity index (χ0n) is 7.61. The van der Waals surface area contributed by atoms with E-state index in [2.05, 4.69) is 16.8 Å². The van der Waals surface area contributed by atoms with Crippen molar-refractivity contribution in [1.29, 1.82) is 0 Å². The number of carbonyl (C=O) groups excluding carboxylic acids is 1. The highest BCUT2D eigenvalue weighted by atomic mass is 32.1. The van der Waals surface area contributed by atoms with Gasteiger partial charge in [-0.25, -0.2) is 9.78 Å². The molecule has 0 bridgehead atoms. The van der Waals surface area contributed by atoms with Gasteiger partial charge in [0.1, 0.15) is 6.61 Å². The molecular weight excluding hydrogens is 202 g/mol. The Morgan fingerprint density at radius 1 is 1.79 bits per heavy atom. The van der Waals surface area contributed by atoms with Gasteiger partial charge >= 0.3 is 5.97 Å². The van der Waals surface area contributed by atoms with Gasteiger partial charge in [0.05, 0.1) is 6.61 Å². The average molecular weight is 211 g/mol. The lowest BCUT2D eigenvalue weighted by Gasteiger charge is -1.95. The Kier molecular flexibility index (Phi) is 4.11. The summed E-state index contributed by atoms with van der Waals surface area (Å²) in [5, 5.41) is 10.5. The summed E-state index contributed by atoms with van der Waals surface area (Å²) >= 11 is 1.25. The standard InChI is InChI=1S/C9H9NO3S/c1-2-13-9(12)7-6-14-8(10-7)4-3-5-11/h6,11H,2,5H2,1H3. The first-order chi connectivity index (χ1) is 6.77. The van der Waals surface area contributed by atoms with Crippen LogP contribution in [0.15, 0.2) is 5.38 Å². The van der Waals surface area contributed by atoms with Crippen LogP contribution in [0, 0.1) is 11.8 Å². The Balaban J connectivity index is 2.72. The summed E-state index contributed by atoms with van der Waals surface area (Å²) in [5.74, 6) is 4.62. The molecule has 0 amide bonds. The normalized spacial score (nSPS) is 9.00.